The smallest absolute Gasteiger partial charge is 0.00768 e. The fourth-order valence-corrected chi connectivity index (χ4v) is 1.77. The van der Waals surface area contributed by atoms with Gasteiger partial charge in [-0.1, -0.05) is 30.7 Å². The van der Waals surface area contributed by atoms with Crippen LogP contribution in [0.25, 0.3) is 0 Å². The first-order chi connectivity index (χ1) is 7.74. The maximum atomic E-state index is 3.45. The van der Waals surface area contributed by atoms with Gasteiger partial charge in [-0.3, -0.25) is 0 Å². The van der Waals surface area contributed by atoms with E-state index in [9.17, 15) is 0 Å². The van der Waals surface area contributed by atoms with Crippen LogP contribution in [0.4, 0.5) is 0 Å². The van der Waals surface area contributed by atoms with E-state index in [1.54, 1.807) is 0 Å². The van der Waals surface area contributed by atoms with Crippen LogP contribution in [-0.2, 0) is 6.42 Å². The highest BCUT2D eigenvalue weighted by atomic mass is 14.9. The van der Waals surface area contributed by atoms with Gasteiger partial charge in [0.05, 0.1) is 0 Å². The Morgan fingerprint density at radius 1 is 1.00 bits per heavy atom. The van der Waals surface area contributed by atoms with Gasteiger partial charge in [-0.25, -0.2) is 0 Å². The molecule has 0 bridgehead atoms. The second-order valence-corrected chi connectivity index (χ2v) is 4.28. The molecule has 2 nitrogen and oxygen atoms in total. The van der Waals surface area contributed by atoms with Crippen molar-refractivity contribution in [1.82, 2.24) is 10.6 Å². The minimum absolute atomic E-state index is 1.05. The zero-order valence-electron chi connectivity index (χ0n) is 10.8. The van der Waals surface area contributed by atoms with E-state index in [4.69, 9.17) is 0 Å². The summed E-state index contributed by atoms with van der Waals surface area (Å²) in [5.74, 6) is 0. The molecule has 16 heavy (non-hydrogen) atoms. The van der Waals surface area contributed by atoms with E-state index in [0.717, 1.165) is 32.6 Å². The van der Waals surface area contributed by atoms with Crippen LogP contribution in [0.3, 0.4) is 0 Å². The lowest BCUT2D eigenvalue weighted by molar-refractivity contribution is 0.624. The SMILES string of the molecule is CCNCCNCCc1cc(C)ccc1C. The highest BCUT2D eigenvalue weighted by Gasteiger charge is 1.98. The van der Waals surface area contributed by atoms with Crippen LogP contribution in [-0.4, -0.2) is 26.2 Å². The molecule has 0 radical (unpaired) electrons. The van der Waals surface area contributed by atoms with Crippen molar-refractivity contribution >= 4 is 0 Å². The van der Waals surface area contributed by atoms with E-state index in [0.29, 0.717) is 0 Å². The van der Waals surface area contributed by atoms with Gasteiger partial charge in [0.25, 0.3) is 0 Å². The number of aryl methyl sites for hydroxylation is 2. The van der Waals surface area contributed by atoms with Crippen LogP contribution >= 0.6 is 0 Å². The Bertz CT molecular complexity index is 308. The van der Waals surface area contributed by atoms with E-state index in [2.05, 4.69) is 49.6 Å². The Kier molecular flexibility index (Phi) is 6.12. The van der Waals surface area contributed by atoms with Gasteiger partial charge in [0.2, 0.25) is 0 Å². The predicted molar refractivity (Wildman–Crippen MR) is 71.0 cm³/mol. The molecule has 0 heterocycles. The zero-order chi connectivity index (χ0) is 11.8. The Balaban J connectivity index is 2.23. The van der Waals surface area contributed by atoms with Crippen molar-refractivity contribution in [2.75, 3.05) is 26.2 Å². The number of likely N-dealkylation sites (N-methyl/N-ethyl adjacent to an activating group) is 1. The first-order valence-corrected chi connectivity index (χ1v) is 6.21. The molecule has 0 saturated heterocycles. The summed E-state index contributed by atoms with van der Waals surface area (Å²) in [5.41, 5.74) is 4.23. The molecule has 0 unspecified atom stereocenters. The number of nitrogens with one attached hydrogen (secondary N) is 2. The van der Waals surface area contributed by atoms with Crippen molar-refractivity contribution in [1.29, 1.82) is 0 Å². The highest BCUT2D eigenvalue weighted by molar-refractivity contribution is 5.30. The molecule has 1 rings (SSSR count). The van der Waals surface area contributed by atoms with Crippen molar-refractivity contribution in [3.8, 4) is 0 Å². The van der Waals surface area contributed by atoms with Crippen LogP contribution in [0.2, 0.25) is 0 Å². The normalized spacial score (nSPS) is 10.7. The molecule has 0 saturated carbocycles. The summed E-state index contributed by atoms with van der Waals surface area (Å²) in [6.45, 7) is 10.7. The molecular weight excluding hydrogens is 196 g/mol. The van der Waals surface area contributed by atoms with E-state index >= 15 is 0 Å². The van der Waals surface area contributed by atoms with Crippen LogP contribution in [0.1, 0.15) is 23.6 Å². The van der Waals surface area contributed by atoms with E-state index < -0.39 is 0 Å². The summed E-state index contributed by atoms with van der Waals surface area (Å²) in [6, 6.07) is 6.68. The Morgan fingerprint density at radius 3 is 2.50 bits per heavy atom. The number of rotatable bonds is 7. The average molecular weight is 220 g/mol. The lowest BCUT2D eigenvalue weighted by Gasteiger charge is -2.08. The van der Waals surface area contributed by atoms with Crippen LogP contribution < -0.4 is 10.6 Å². The Morgan fingerprint density at radius 2 is 1.75 bits per heavy atom. The largest absolute Gasteiger partial charge is 0.316 e. The number of hydrogen-bond donors (Lipinski definition) is 2. The minimum Gasteiger partial charge on any atom is -0.316 e. The molecule has 0 aromatic heterocycles. The summed E-state index contributed by atoms with van der Waals surface area (Å²) in [6.07, 6.45) is 1.12. The maximum Gasteiger partial charge on any atom is 0.00768 e. The van der Waals surface area contributed by atoms with Crippen molar-refractivity contribution in [3.63, 3.8) is 0 Å². The molecule has 0 aliphatic heterocycles. The second-order valence-electron chi connectivity index (χ2n) is 4.28. The summed E-state index contributed by atoms with van der Waals surface area (Å²) < 4.78 is 0. The maximum absolute atomic E-state index is 3.45. The monoisotopic (exact) mass is 220 g/mol. The Hall–Kier alpha value is -0.860. The van der Waals surface area contributed by atoms with Gasteiger partial charge >= 0.3 is 0 Å². The molecule has 2 heteroatoms. The third kappa shape index (κ3) is 4.77. The van der Waals surface area contributed by atoms with Gasteiger partial charge in [0, 0.05) is 13.1 Å². The van der Waals surface area contributed by atoms with Gasteiger partial charge in [0.1, 0.15) is 0 Å². The molecule has 0 aliphatic rings. The summed E-state index contributed by atoms with van der Waals surface area (Å²) >= 11 is 0. The predicted octanol–water partition coefficient (Wildman–Crippen LogP) is 2.05. The van der Waals surface area contributed by atoms with Crippen LogP contribution in [0.15, 0.2) is 18.2 Å². The molecule has 90 valence electrons. The van der Waals surface area contributed by atoms with E-state index in [-0.39, 0.29) is 0 Å². The topological polar surface area (TPSA) is 24.1 Å². The van der Waals surface area contributed by atoms with Gasteiger partial charge in [-0.15, -0.1) is 0 Å². The molecule has 2 N–H and O–H groups in total. The molecule has 1 aromatic rings. The van der Waals surface area contributed by atoms with Crippen molar-refractivity contribution in [2.24, 2.45) is 0 Å². The summed E-state index contributed by atoms with van der Waals surface area (Å²) in [7, 11) is 0. The first-order valence-electron chi connectivity index (χ1n) is 6.21. The Labute approximate surface area is 99.5 Å². The molecular formula is C14H24N2. The highest BCUT2D eigenvalue weighted by Crippen LogP contribution is 2.10. The van der Waals surface area contributed by atoms with Gasteiger partial charge in [-0.05, 0) is 44.5 Å². The second kappa shape index (κ2) is 7.42. The quantitative estimate of drug-likeness (QED) is 0.687. The molecule has 0 aliphatic carbocycles. The third-order valence-corrected chi connectivity index (χ3v) is 2.80. The molecule has 0 atom stereocenters. The third-order valence-electron chi connectivity index (χ3n) is 2.80. The fourth-order valence-electron chi connectivity index (χ4n) is 1.77. The summed E-state index contributed by atoms with van der Waals surface area (Å²) in [4.78, 5) is 0. The number of hydrogen-bond acceptors (Lipinski definition) is 2. The van der Waals surface area contributed by atoms with Crippen molar-refractivity contribution in [2.45, 2.75) is 27.2 Å². The first kappa shape index (κ1) is 13.2. The molecule has 0 amide bonds. The van der Waals surface area contributed by atoms with Crippen LogP contribution in [0, 0.1) is 13.8 Å². The van der Waals surface area contributed by atoms with E-state index in [1.165, 1.54) is 16.7 Å². The van der Waals surface area contributed by atoms with Crippen molar-refractivity contribution in [3.05, 3.63) is 34.9 Å². The summed E-state index contributed by atoms with van der Waals surface area (Å²) in [5, 5.41) is 6.76. The molecule has 0 fully saturated rings. The standard InChI is InChI=1S/C14H24N2/c1-4-15-9-10-16-8-7-14-11-12(2)5-6-13(14)3/h5-6,11,15-16H,4,7-10H2,1-3H3. The van der Waals surface area contributed by atoms with E-state index in [1.807, 2.05) is 0 Å². The molecule has 1 aromatic carbocycles. The van der Waals surface area contributed by atoms with Gasteiger partial charge < -0.3 is 10.6 Å². The zero-order valence-corrected chi connectivity index (χ0v) is 10.8. The van der Waals surface area contributed by atoms with Gasteiger partial charge in [0.15, 0.2) is 0 Å². The lowest BCUT2D eigenvalue weighted by Crippen LogP contribution is -2.28. The minimum atomic E-state index is 1.05. The molecule has 0 spiro atoms. The average Bonchev–Trinajstić information content (AvgIpc) is 2.28. The van der Waals surface area contributed by atoms with Crippen molar-refractivity contribution < 1.29 is 0 Å². The lowest BCUT2D eigenvalue weighted by atomic mass is 10.0. The number of benzene rings is 1. The fraction of sp³-hybridized carbons (Fsp3) is 0.571. The van der Waals surface area contributed by atoms with Gasteiger partial charge in [-0.2, -0.15) is 0 Å². The van der Waals surface area contributed by atoms with Crippen LogP contribution in [0.5, 0.6) is 0 Å².